The summed E-state index contributed by atoms with van der Waals surface area (Å²) in [7, 11) is 0. The molecule has 1 aromatic heterocycles. The Balaban J connectivity index is 1.74. The molecule has 0 spiro atoms. The molecular formula is C24H18FN3O. The molecule has 142 valence electrons. The maximum atomic E-state index is 14.1. The number of hydrogen-bond donors (Lipinski definition) is 1. The van der Waals surface area contributed by atoms with Crippen LogP contribution >= 0.6 is 0 Å². The summed E-state index contributed by atoms with van der Waals surface area (Å²) in [5.41, 5.74) is 5.44. The lowest BCUT2D eigenvalue weighted by molar-refractivity contribution is 0.0988. The summed E-state index contributed by atoms with van der Waals surface area (Å²) in [6, 6.07) is 23.4. The third-order valence-corrected chi connectivity index (χ3v) is 5.29. The highest BCUT2D eigenvalue weighted by atomic mass is 19.1. The van der Waals surface area contributed by atoms with Gasteiger partial charge in [0, 0.05) is 16.8 Å². The van der Waals surface area contributed by atoms with Gasteiger partial charge in [0.15, 0.2) is 0 Å². The number of benzene rings is 3. The Morgan fingerprint density at radius 3 is 2.45 bits per heavy atom. The number of nitrogens with one attached hydrogen (secondary N) is 1. The number of H-pyrrole nitrogens is 1. The second kappa shape index (κ2) is 6.71. The van der Waals surface area contributed by atoms with Crippen LogP contribution in [0.1, 0.15) is 33.2 Å². The molecule has 3 aromatic carbocycles. The highest BCUT2D eigenvalue weighted by Crippen LogP contribution is 2.44. The maximum Gasteiger partial charge on any atom is 0.277 e. The van der Waals surface area contributed by atoms with Gasteiger partial charge >= 0.3 is 0 Å². The molecule has 29 heavy (non-hydrogen) atoms. The molecule has 1 aliphatic heterocycles. The zero-order valence-corrected chi connectivity index (χ0v) is 15.8. The van der Waals surface area contributed by atoms with E-state index in [1.54, 1.807) is 11.0 Å². The molecule has 1 N–H and O–H groups in total. The molecule has 1 atom stereocenters. The van der Waals surface area contributed by atoms with Crippen LogP contribution < -0.4 is 4.90 Å². The number of nitrogens with zero attached hydrogens (tertiary/aromatic N) is 2. The first-order valence-corrected chi connectivity index (χ1v) is 9.43. The Bertz CT molecular complexity index is 1200. The van der Waals surface area contributed by atoms with Gasteiger partial charge in [0.1, 0.15) is 11.5 Å². The number of aromatic nitrogens is 2. The highest BCUT2D eigenvalue weighted by Gasteiger charge is 2.43. The molecule has 5 rings (SSSR count). The molecule has 0 fully saturated rings. The second-order valence-electron chi connectivity index (χ2n) is 7.20. The summed E-state index contributed by atoms with van der Waals surface area (Å²) in [6.07, 6.45) is 0. The zero-order chi connectivity index (χ0) is 20.0. The number of carbonyl (C=O) groups is 1. The van der Waals surface area contributed by atoms with Crippen LogP contribution in [0.15, 0.2) is 78.9 Å². The van der Waals surface area contributed by atoms with Gasteiger partial charge in [-0.15, -0.1) is 0 Å². The van der Waals surface area contributed by atoms with Crippen molar-refractivity contribution in [2.75, 3.05) is 4.90 Å². The first-order chi connectivity index (χ1) is 14.1. The smallest absolute Gasteiger partial charge is 0.277 e. The van der Waals surface area contributed by atoms with Crippen molar-refractivity contribution in [3.05, 3.63) is 107 Å². The molecule has 0 unspecified atom stereocenters. The van der Waals surface area contributed by atoms with Gasteiger partial charge in [0.2, 0.25) is 0 Å². The van der Waals surface area contributed by atoms with Gasteiger partial charge in [0.05, 0.1) is 11.7 Å². The second-order valence-corrected chi connectivity index (χ2v) is 7.20. The molecule has 1 aliphatic rings. The molecule has 2 heterocycles. The van der Waals surface area contributed by atoms with Crippen molar-refractivity contribution < 1.29 is 9.18 Å². The number of amides is 1. The van der Waals surface area contributed by atoms with Crippen LogP contribution in [0.4, 0.5) is 10.1 Å². The van der Waals surface area contributed by atoms with Crippen molar-refractivity contribution in [3.63, 3.8) is 0 Å². The topological polar surface area (TPSA) is 49.0 Å². The molecule has 0 saturated carbocycles. The van der Waals surface area contributed by atoms with E-state index in [0.717, 1.165) is 22.4 Å². The van der Waals surface area contributed by atoms with E-state index in [4.69, 9.17) is 0 Å². The molecule has 0 radical (unpaired) electrons. The number of aryl methyl sites for hydroxylation is 1. The van der Waals surface area contributed by atoms with Gasteiger partial charge in [-0.2, -0.15) is 5.10 Å². The lowest BCUT2D eigenvalue weighted by Crippen LogP contribution is -2.29. The van der Waals surface area contributed by atoms with Crippen molar-refractivity contribution in [1.82, 2.24) is 10.2 Å². The van der Waals surface area contributed by atoms with Crippen LogP contribution in [0.25, 0.3) is 11.3 Å². The van der Waals surface area contributed by atoms with E-state index in [-0.39, 0.29) is 11.7 Å². The summed E-state index contributed by atoms with van der Waals surface area (Å²) in [4.78, 5) is 15.0. The SMILES string of the molecule is Cc1ccc(-c2n[nH]c3c2[C@@H](c2cccc(F)c2)N(c2ccccc2)C3=O)cc1. The van der Waals surface area contributed by atoms with Gasteiger partial charge in [-0.1, -0.05) is 60.2 Å². The Hall–Kier alpha value is -3.73. The number of halogens is 1. The van der Waals surface area contributed by atoms with Crippen molar-refractivity contribution in [2.45, 2.75) is 13.0 Å². The summed E-state index contributed by atoms with van der Waals surface area (Å²) >= 11 is 0. The quantitative estimate of drug-likeness (QED) is 0.524. The van der Waals surface area contributed by atoms with Crippen LogP contribution in [0.5, 0.6) is 0 Å². The minimum Gasteiger partial charge on any atom is -0.295 e. The summed E-state index contributed by atoms with van der Waals surface area (Å²) < 4.78 is 14.1. The van der Waals surface area contributed by atoms with Crippen LogP contribution in [0.2, 0.25) is 0 Å². The lowest BCUT2D eigenvalue weighted by atomic mass is 9.95. The molecule has 0 bridgehead atoms. The van der Waals surface area contributed by atoms with Gasteiger partial charge in [-0.25, -0.2) is 4.39 Å². The normalized spacial score (nSPS) is 15.6. The van der Waals surface area contributed by atoms with Gasteiger partial charge in [0.25, 0.3) is 5.91 Å². The minimum atomic E-state index is -0.467. The minimum absolute atomic E-state index is 0.175. The van der Waals surface area contributed by atoms with Gasteiger partial charge in [-0.05, 0) is 36.8 Å². The maximum absolute atomic E-state index is 14.1. The Labute approximate surface area is 167 Å². The Kier molecular flexibility index (Phi) is 4.02. The average Bonchev–Trinajstić information content (AvgIpc) is 3.28. The first kappa shape index (κ1) is 17.4. The van der Waals surface area contributed by atoms with Crippen molar-refractivity contribution in [3.8, 4) is 11.3 Å². The van der Waals surface area contributed by atoms with Crippen molar-refractivity contribution >= 4 is 11.6 Å². The van der Waals surface area contributed by atoms with Gasteiger partial charge in [-0.3, -0.25) is 14.8 Å². The third-order valence-electron chi connectivity index (χ3n) is 5.29. The van der Waals surface area contributed by atoms with Crippen LogP contribution in [0.3, 0.4) is 0 Å². The van der Waals surface area contributed by atoms with E-state index in [9.17, 15) is 9.18 Å². The Morgan fingerprint density at radius 2 is 1.72 bits per heavy atom. The number of anilines is 1. The molecule has 1 amide bonds. The third kappa shape index (κ3) is 2.83. The predicted molar refractivity (Wildman–Crippen MR) is 110 cm³/mol. The number of fused-ring (bicyclic) bond motifs is 1. The first-order valence-electron chi connectivity index (χ1n) is 9.43. The standard InChI is InChI=1S/C24H18FN3O/c1-15-10-12-16(13-11-15)21-20-22(27-26-21)24(29)28(19-8-3-2-4-9-19)23(20)17-6-5-7-18(25)14-17/h2-14,23H,1H3,(H,26,27)/t23-/m1/s1. The number of rotatable bonds is 3. The molecule has 0 aliphatic carbocycles. The van der Waals surface area contributed by atoms with E-state index >= 15 is 0 Å². The van der Waals surface area contributed by atoms with Crippen LogP contribution in [-0.4, -0.2) is 16.1 Å². The van der Waals surface area contributed by atoms with Crippen molar-refractivity contribution in [1.29, 1.82) is 0 Å². The molecule has 5 heteroatoms. The fourth-order valence-electron chi connectivity index (χ4n) is 3.93. The number of hydrogen-bond acceptors (Lipinski definition) is 2. The van der Waals surface area contributed by atoms with Crippen molar-refractivity contribution in [2.24, 2.45) is 0 Å². The van der Waals surface area contributed by atoms with E-state index in [1.165, 1.54) is 12.1 Å². The largest absolute Gasteiger partial charge is 0.295 e. The van der Waals surface area contributed by atoms with Crippen LogP contribution in [0, 0.1) is 12.7 Å². The monoisotopic (exact) mass is 383 g/mol. The number of para-hydroxylation sites is 1. The predicted octanol–water partition coefficient (Wildman–Crippen LogP) is 5.27. The fraction of sp³-hybridized carbons (Fsp3) is 0.0833. The van der Waals surface area contributed by atoms with E-state index in [1.807, 2.05) is 67.6 Å². The van der Waals surface area contributed by atoms with Crippen LogP contribution in [-0.2, 0) is 0 Å². The molecule has 4 nitrogen and oxygen atoms in total. The zero-order valence-electron chi connectivity index (χ0n) is 15.8. The number of aromatic amines is 1. The summed E-state index contributed by atoms with van der Waals surface area (Å²) in [5.74, 6) is -0.511. The van der Waals surface area contributed by atoms with Gasteiger partial charge < -0.3 is 0 Å². The molecule has 0 saturated heterocycles. The molecular weight excluding hydrogens is 365 g/mol. The number of carbonyl (C=O) groups excluding carboxylic acids is 1. The lowest BCUT2D eigenvalue weighted by Gasteiger charge is -2.26. The molecule has 4 aromatic rings. The van der Waals surface area contributed by atoms with E-state index in [0.29, 0.717) is 17.0 Å². The average molecular weight is 383 g/mol. The van der Waals surface area contributed by atoms with E-state index in [2.05, 4.69) is 10.2 Å². The summed E-state index contributed by atoms with van der Waals surface area (Å²) in [5, 5.41) is 7.38. The highest BCUT2D eigenvalue weighted by molar-refractivity contribution is 6.11. The van der Waals surface area contributed by atoms with E-state index < -0.39 is 6.04 Å². The fourth-order valence-corrected chi connectivity index (χ4v) is 3.93. The Morgan fingerprint density at radius 1 is 0.966 bits per heavy atom. The summed E-state index contributed by atoms with van der Waals surface area (Å²) in [6.45, 7) is 2.02.